The minimum atomic E-state index is -0.142. The summed E-state index contributed by atoms with van der Waals surface area (Å²) < 4.78 is 0. The average Bonchev–Trinajstić information content (AvgIpc) is 2.35. The Morgan fingerprint density at radius 2 is 1.90 bits per heavy atom. The van der Waals surface area contributed by atoms with E-state index in [1.165, 1.54) is 38.5 Å². The average molecular weight is 281 g/mol. The Kier molecular flexibility index (Phi) is 5.44. The Morgan fingerprint density at radius 1 is 1.30 bits per heavy atom. The zero-order valence-corrected chi connectivity index (χ0v) is 13.3. The third-order valence-electron chi connectivity index (χ3n) is 4.96. The van der Waals surface area contributed by atoms with Crippen LogP contribution < -0.4 is 11.1 Å². The number of carbonyl (C=O) groups excluding carboxylic acids is 1. The van der Waals surface area contributed by atoms with E-state index in [9.17, 15) is 4.79 Å². The standard InChI is InChI=1S/C16H31N3O/c1-4-8-18-12-9-13-6-5-7-14(10-12)19(13)15(11(2)3)16(17)20/h11-15,18H,4-10H2,1-3H3,(H2,17,20). The first-order valence-electron chi connectivity index (χ1n) is 8.34. The molecule has 2 rings (SSSR count). The van der Waals surface area contributed by atoms with Crippen LogP contribution in [0.4, 0.5) is 0 Å². The lowest BCUT2D eigenvalue weighted by Crippen LogP contribution is -2.63. The largest absolute Gasteiger partial charge is 0.368 e. The molecular weight excluding hydrogens is 250 g/mol. The molecule has 4 nitrogen and oxygen atoms in total. The quantitative estimate of drug-likeness (QED) is 0.781. The molecule has 0 aliphatic carbocycles. The third-order valence-corrected chi connectivity index (χ3v) is 4.96. The number of fused-ring (bicyclic) bond motifs is 2. The fraction of sp³-hybridized carbons (Fsp3) is 0.938. The molecule has 116 valence electrons. The van der Waals surface area contributed by atoms with E-state index in [1.54, 1.807) is 0 Å². The topological polar surface area (TPSA) is 58.4 Å². The Morgan fingerprint density at radius 3 is 2.35 bits per heavy atom. The molecule has 0 aromatic carbocycles. The first-order valence-corrected chi connectivity index (χ1v) is 8.34. The molecule has 3 unspecified atom stereocenters. The minimum absolute atomic E-state index is 0.0857. The number of rotatable bonds is 6. The highest BCUT2D eigenvalue weighted by atomic mass is 16.1. The van der Waals surface area contributed by atoms with Crippen molar-refractivity contribution >= 4 is 5.91 Å². The highest BCUT2D eigenvalue weighted by Gasteiger charge is 2.43. The van der Waals surface area contributed by atoms with Crippen LogP contribution in [0.5, 0.6) is 0 Å². The highest BCUT2D eigenvalue weighted by Crippen LogP contribution is 2.37. The molecule has 2 fully saturated rings. The summed E-state index contributed by atoms with van der Waals surface area (Å²) in [6.07, 6.45) is 7.27. The number of primary amides is 1. The predicted octanol–water partition coefficient (Wildman–Crippen LogP) is 1.88. The summed E-state index contributed by atoms with van der Waals surface area (Å²) in [5.41, 5.74) is 5.69. The van der Waals surface area contributed by atoms with Gasteiger partial charge in [0, 0.05) is 18.1 Å². The van der Waals surface area contributed by atoms with E-state index < -0.39 is 0 Å². The molecule has 20 heavy (non-hydrogen) atoms. The van der Waals surface area contributed by atoms with Crippen molar-refractivity contribution in [3.63, 3.8) is 0 Å². The lowest BCUT2D eigenvalue weighted by atomic mass is 9.79. The number of carbonyl (C=O) groups is 1. The van der Waals surface area contributed by atoms with E-state index in [2.05, 4.69) is 31.0 Å². The number of nitrogens with two attached hydrogens (primary N) is 1. The molecule has 1 amide bonds. The molecule has 0 saturated carbocycles. The molecule has 0 spiro atoms. The van der Waals surface area contributed by atoms with Gasteiger partial charge in [0.25, 0.3) is 0 Å². The van der Waals surface area contributed by atoms with Gasteiger partial charge in [-0.1, -0.05) is 27.2 Å². The zero-order chi connectivity index (χ0) is 14.7. The van der Waals surface area contributed by atoms with E-state index in [0.717, 1.165) is 6.54 Å². The highest BCUT2D eigenvalue weighted by molar-refractivity contribution is 5.80. The number of piperidine rings is 2. The van der Waals surface area contributed by atoms with Gasteiger partial charge in [-0.05, 0) is 44.6 Å². The number of nitrogens with zero attached hydrogens (tertiary/aromatic N) is 1. The summed E-state index contributed by atoms with van der Waals surface area (Å²) in [6, 6.07) is 1.62. The second-order valence-corrected chi connectivity index (χ2v) is 6.90. The van der Waals surface area contributed by atoms with E-state index in [4.69, 9.17) is 5.73 Å². The molecular formula is C16H31N3O. The van der Waals surface area contributed by atoms with E-state index in [1.807, 2.05) is 0 Å². The van der Waals surface area contributed by atoms with Gasteiger partial charge in [0.15, 0.2) is 0 Å². The van der Waals surface area contributed by atoms with Crippen LogP contribution in [-0.2, 0) is 4.79 Å². The van der Waals surface area contributed by atoms with Gasteiger partial charge < -0.3 is 11.1 Å². The first kappa shape index (κ1) is 15.8. The van der Waals surface area contributed by atoms with Crippen LogP contribution in [-0.4, -0.2) is 41.5 Å². The molecule has 0 aromatic heterocycles. The fourth-order valence-electron chi connectivity index (χ4n) is 4.21. The fourth-order valence-corrected chi connectivity index (χ4v) is 4.21. The van der Waals surface area contributed by atoms with Crippen molar-refractivity contribution in [1.29, 1.82) is 0 Å². The second kappa shape index (κ2) is 6.90. The van der Waals surface area contributed by atoms with Gasteiger partial charge in [-0.15, -0.1) is 0 Å². The van der Waals surface area contributed by atoms with E-state index in [-0.39, 0.29) is 11.9 Å². The van der Waals surface area contributed by atoms with Crippen molar-refractivity contribution in [2.45, 2.75) is 83.5 Å². The van der Waals surface area contributed by atoms with Crippen molar-refractivity contribution in [2.24, 2.45) is 11.7 Å². The second-order valence-electron chi connectivity index (χ2n) is 6.90. The minimum Gasteiger partial charge on any atom is -0.368 e. The van der Waals surface area contributed by atoms with Gasteiger partial charge in [-0.2, -0.15) is 0 Å². The molecule has 2 aliphatic rings. The molecule has 2 saturated heterocycles. The van der Waals surface area contributed by atoms with Gasteiger partial charge in [0.05, 0.1) is 6.04 Å². The van der Waals surface area contributed by atoms with Gasteiger partial charge in [-0.25, -0.2) is 0 Å². The number of nitrogens with one attached hydrogen (secondary N) is 1. The first-order chi connectivity index (χ1) is 9.54. The van der Waals surface area contributed by atoms with Crippen molar-refractivity contribution in [1.82, 2.24) is 10.2 Å². The summed E-state index contributed by atoms with van der Waals surface area (Å²) in [4.78, 5) is 14.4. The summed E-state index contributed by atoms with van der Waals surface area (Å²) in [5, 5.41) is 3.67. The number of amides is 1. The summed E-state index contributed by atoms with van der Waals surface area (Å²) in [6.45, 7) is 7.55. The predicted molar refractivity (Wildman–Crippen MR) is 82.4 cm³/mol. The Balaban J connectivity index is 2.09. The molecule has 0 radical (unpaired) electrons. The summed E-state index contributed by atoms with van der Waals surface area (Å²) >= 11 is 0. The van der Waals surface area contributed by atoms with Gasteiger partial charge in [0.1, 0.15) is 0 Å². The normalized spacial score (nSPS) is 32.3. The summed E-state index contributed by atoms with van der Waals surface area (Å²) in [7, 11) is 0. The smallest absolute Gasteiger partial charge is 0.235 e. The Labute approximate surface area is 123 Å². The van der Waals surface area contributed by atoms with E-state index >= 15 is 0 Å². The SMILES string of the molecule is CCCNC1CC2CCCC(C1)N2C(C(N)=O)C(C)C. The van der Waals surface area contributed by atoms with Gasteiger partial charge >= 0.3 is 0 Å². The maximum Gasteiger partial charge on any atom is 0.235 e. The lowest BCUT2D eigenvalue weighted by molar-refractivity contribution is -0.131. The molecule has 2 bridgehead atoms. The van der Waals surface area contributed by atoms with Crippen LogP contribution in [0.15, 0.2) is 0 Å². The Hall–Kier alpha value is -0.610. The molecule has 3 atom stereocenters. The molecule has 2 heterocycles. The molecule has 3 N–H and O–H groups in total. The van der Waals surface area contributed by atoms with Crippen LogP contribution in [0.3, 0.4) is 0 Å². The van der Waals surface area contributed by atoms with Crippen LogP contribution in [0.2, 0.25) is 0 Å². The van der Waals surface area contributed by atoms with Gasteiger partial charge in [0.2, 0.25) is 5.91 Å². The maximum absolute atomic E-state index is 11.9. The summed E-state index contributed by atoms with van der Waals surface area (Å²) in [5.74, 6) is 0.160. The van der Waals surface area contributed by atoms with Crippen molar-refractivity contribution in [3.05, 3.63) is 0 Å². The van der Waals surface area contributed by atoms with Crippen molar-refractivity contribution in [3.8, 4) is 0 Å². The van der Waals surface area contributed by atoms with Crippen LogP contribution >= 0.6 is 0 Å². The van der Waals surface area contributed by atoms with Gasteiger partial charge in [-0.3, -0.25) is 9.69 Å². The van der Waals surface area contributed by atoms with Crippen molar-refractivity contribution < 1.29 is 4.79 Å². The van der Waals surface area contributed by atoms with E-state index in [0.29, 0.717) is 24.0 Å². The molecule has 4 heteroatoms. The van der Waals surface area contributed by atoms with Crippen LogP contribution in [0, 0.1) is 5.92 Å². The number of hydrogen-bond acceptors (Lipinski definition) is 3. The third kappa shape index (κ3) is 3.34. The Bertz CT molecular complexity index is 318. The lowest BCUT2D eigenvalue weighted by Gasteiger charge is -2.52. The maximum atomic E-state index is 11.9. The molecule has 2 aliphatic heterocycles. The van der Waals surface area contributed by atoms with Crippen LogP contribution in [0.25, 0.3) is 0 Å². The monoisotopic (exact) mass is 281 g/mol. The zero-order valence-electron chi connectivity index (χ0n) is 13.3. The van der Waals surface area contributed by atoms with Crippen LogP contribution in [0.1, 0.15) is 59.3 Å². The van der Waals surface area contributed by atoms with Crippen molar-refractivity contribution in [2.75, 3.05) is 6.54 Å². The molecule has 0 aromatic rings. The number of hydrogen-bond donors (Lipinski definition) is 2.